The molecule has 1 N–H and O–H groups in total. The van der Waals surface area contributed by atoms with Gasteiger partial charge in [-0.1, -0.05) is 24.3 Å². The van der Waals surface area contributed by atoms with Gasteiger partial charge in [-0.05, 0) is 56.2 Å². The van der Waals surface area contributed by atoms with Crippen molar-refractivity contribution in [1.29, 1.82) is 0 Å². The molecular formula is C25H33N3O5. The molecule has 33 heavy (non-hydrogen) atoms. The van der Waals surface area contributed by atoms with Crippen LogP contribution in [0.5, 0.6) is 5.75 Å². The molecule has 1 saturated heterocycles. The van der Waals surface area contributed by atoms with Crippen LogP contribution in [0.4, 0.5) is 15.3 Å². The smallest absolute Gasteiger partial charge is 0.411 e. The fraction of sp³-hybridized carbons (Fsp3) is 0.440. The first kappa shape index (κ1) is 24.4. The average molecular weight is 456 g/mol. The quantitative estimate of drug-likeness (QED) is 0.691. The molecule has 2 aromatic rings. The maximum absolute atomic E-state index is 12.2. The van der Waals surface area contributed by atoms with Crippen molar-refractivity contribution in [2.45, 2.75) is 39.5 Å². The molecule has 0 radical (unpaired) electrons. The van der Waals surface area contributed by atoms with Crippen LogP contribution in [0.25, 0.3) is 0 Å². The first-order valence-electron chi connectivity index (χ1n) is 11.1. The second-order valence-electron chi connectivity index (χ2n) is 8.99. The summed E-state index contributed by atoms with van der Waals surface area (Å²) in [5.74, 6) is 0.758. The van der Waals surface area contributed by atoms with E-state index in [1.807, 2.05) is 69.3 Å². The van der Waals surface area contributed by atoms with E-state index in [2.05, 4.69) is 10.2 Å². The van der Waals surface area contributed by atoms with Gasteiger partial charge in [-0.2, -0.15) is 0 Å². The summed E-state index contributed by atoms with van der Waals surface area (Å²) in [7, 11) is 1.61. The molecule has 3 rings (SSSR count). The summed E-state index contributed by atoms with van der Waals surface area (Å²) in [4.78, 5) is 28.3. The molecule has 2 aromatic carbocycles. The highest BCUT2D eigenvalue weighted by Crippen LogP contribution is 2.16. The molecule has 0 unspecified atom stereocenters. The van der Waals surface area contributed by atoms with Crippen LogP contribution >= 0.6 is 0 Å². The number of carbonyl (C=O) groups excluding carboxylic acids is 2. The molecule has 0 saturated carbocycles. The minimum atomic E-state index is -0.503. The lowest BCUT2D eigenvalue weighted by molar-refractivity contribution is 0.0139. The van der Waals surface area contributed by atoms with Gasteiger partial charge in [-0.3, -0.25) is 10.2 Å². The van der Waals surface area contributed by atoms with Crippen LogP contribution in [-0.2, 0) is 22.6 Å². The Morgan fingerprint density at radius 2 is 1.52 bits per heavy atom. The molecule has 0 bridgehead atoms. The molecule has 1 aliphatic rings. The number of piperazine rings is 1. The molecule has 2 amide bonds. The van der Waals surface area contributed by atoms with Gasteiger partial charge in [-0.25, -0.2) is 9.59 Å². The van der Waals surface area contributed by atoms with E-state index in [4.69, 9.17) is 14.2 Å². The number of benzene rings is 2. The second-order valence-corrected chi connectivity index (χ2v) is 8.99. The number of rotatable bonds is 6. The molecule has 0 aliphatic carbocycles. The Morgan fingerprint density at radius 3 is 2.09 bits per heavy atom. The van der Waals surface area contributed by atoms with Gasteiger partial charge in [0.2, 0.25) is 0 Å². The van der Waals surface area contributed by atoms with Crippen molar-refractivity contribution >= 4 is 17.9 Å². The molecule has 1 heterocycles. The summed E-state index contributed by atoms with van der Waals surface area (Å²) in [5, 5.41) is 2.74. The van der Waals surface area contributed by atoms with Gasteiger partial charge < -0.3 is 19.1 Å². The maximum atomic E-state index is 12.2. The highest BCUT2D eigenvalue weighted by Gasteiger charge is 2.25. The predicted molar refractivity (Wildman–Crippen MR) is 126 cm³/mol. The zero-order valence-corrected chi connectivity index (χ0v) is 19.8. The fourth-order valence-corrected chi connectivity index (χ4v) is 3.39. The maximum Gasteiger partial charge on any atom is 0.411 e. The van der Waals surface area contributed by atoms with Gasteiger partial charge >= 0.3 is 12.2 Å². The van der Waals surface area contributed by atoms with E-state index < -0.39 is 11.7 Å². The second kappa shape index (κ2) is 11.0. The van der Waals surface area contributed by atoms with Crippen LogP contribution in [-0.4, -0.2) is 60.9 Å². The Balaban J connectivity index is 1.40. The highest BCUT2D eigenvalue weighted by molar-refractivity contribution is 5.84. The third kappa shape index (κ3) is 7.98. The predicted octanol–water partition coefficient (Wildman–Crippen LogP) is 4.50. The minimum absolute atomic E-state index is 0.184. The number of nitrogens with zero attached hydrogens (tertiary/aromatic N) is 2. The molecule has 0 aromatic heterocycles. The van der Waals surface area contributed by atoms with Crippen molar-refractivity contribution in [3.05, 3.63) is 59.7 Å². The van der Waals surface area contributed by atoms with Crippen molar-refractivity contribution in [3.63, 3.8) is 0 Å². The molecule has 178 valence electrons. The Labute approximate surface area is 195 Å². The molecule has 0 atom stereocenters. The lowest BCUT2D eigenvalue weighted by atomic mass is 10.2. The van der Waals surface area contributed by atoms with E-state index in [1.165, 1.54) is 0 Å². The third-order valence-electron chi connectivity index (χ3n) is 5.16. The normalized spacial score (nSPS) is 14.5. The van der Waals surface area contributed by atoms with Crippen LogP contribution in [0.15, 0.2) is 48.5 Å². The Bertz CT molecular complexity index is 915. The van der Waals surface area contributed by atoms with Crippen molar-refractivity contribution in [2.75, 3.05) is 38.6 Å². The van der Waals surface area contributed by atoms with E-state index in [-0.39, 0.29) is 12.7 Å². The minimum Gasteiger partial charge on any atom is -0.497 e. The molecule has 0 spiro atoms. The lowest BCUT2D eigenvalue weighted by Crippen LogP contribution is -2.49. The van der Waals surface area contributed by atoms with E-state index in [0.717, 1.165) is 36.5 Å². The van der Waals surface area contributed by atoms with Gasteiger partial charge in [0.1, 0.15) is 18.0 Å². The molecule has 8 heteroatoms. The van der Waals surface area contributed by atoms with Gasteiger partial charge in [0.15, 0.2) is 0 Å². The molecular weight excluding hydrogens is 422 g/mol. The third-order valence-corrected chi connectivity index (χ3v) is 5.16. The number of ether oxygens (including phenoxy) is 3. The number of nitrogens with one attached hydrogen (secondary N) is 1. The average Bonchev–Trinajstić information content (AvgIpc) is 2.79. The van der Waals surface area contributed by atoms with Crippen LogP contribution in [0.1, 0.15) is 31.9 Å². The van der Waals surface area contributed by atoms with E-state index in [0.29, 0.717) is 18.8 Å². The van der Waals surface area contributed by atoms with E-state index >= 15 is 0 Å². The number of hydrogen-bond donors (Lipinski definition) is 1. The summed E-state index contributed by atoms with van der Waals surface area (Å²) in [6.07, 6.45) is -0.756. The summed E-state index contributed by atoms with van der Waals surface area (Å²) in [5.41, 5.74) is 2.21. The van der Waals surface area contributed by atoms with Gasteiger partial charge in [0, 0.05) is 38.4 Å². The lowest BCUT2D eigenvalue weighted by Gasteiger charge is -2.35. The molecule has 1 fully saturated rings. The number of carbonyl (C=O) groups is 2. The molecule has 1 aliphatic heterocycles. The Kier molecular flexibility index (Phi) is 8.16. The Morgan fingerprint density at radius 1 is 0.909 bits per heavy atom. The van der Waals surface area contributed by atoms with Crippen molar-refractivity contribution in [1.82, 2.24) is 9.80 Å². The van der Waals surface area contributed by atoms with Crippen LogP contribution in [0, 0.1) is 0 Å². The zero-order valence-electron chi connectivity index (χ0n) is 19.8. The first-order valence-corrected chi connectivity index (χ1v) is 11.1. The number of methoxy groups -OCH3 is 1. The van der Waals surface area contributed by atoms with Crippen LogP contribution in [0.2, 0.25) is 0 Å². The van der Waals surface area contributed by atoms with Crippen molar-refractivity contribution in [2.24, 2.45) is 0 Å². The first-order chi connectivity index (χ1) is 15.7. The van der Waals surface area contributed by atoms with E-state index in [9.17, 15) is 9.59 Å². The topological polar surface area (TPSA) is 80.3 Å². The van der Waals surface area contributed by atoms with Gasteiger partial charge in [0.25, 0.3) is 0 Å². The summed E-state index contributed by atoms with van der Waals surface area (Å²) >= 11 is 0. The largest absolute Gasteiger partial charge is 0.497 e. The van der Waals surface area contributed by atoms with Crippen molar-refractivity contribution in [3.8, 4) is 5.75 Å². The van der Waals surface area contributed by atoms with Gasteiger partial charge in [-0.15, -0.1) is 0 Å². The summed E-state index contributed by atoms with van der Waals surface area (Å²) in [6, 6.07) is 15.1. The number of amides is 2. The number of anilines is 1. The standard InChI is InChI=1S/C25H33N3O5/c1-25(2,3)33-24(30)28-15-13-27(14-16-28)17-19-5-9-21(10-6-19)26-23(29)32-18-20-7-11-22(31-4)12-8-20/h5-12H,13-18H2,1-4H3,(H,26,29). The fourth-order valence-electron chi connectivity index (χ4n) is 3.39. The summed E-state index contributed by atoms with van der Waals surface area (Å²) in [6.45, 7) is 9.46. The molecule has 8 nitrogen and oxygen atoms in total. The Hall–Kier alpha value is -3.26. The van der Waals surface area contributed by atoms with Crippen LogP contribution < -0.4 is 10.1 Å². The summed E-state index contributed by atoms with van der Waals surface area (Å²) < 4.78 is 15.8. The highest BCUT2D eigenvalue weighted by atomic mass is 16.6. The van der Waals surface area contributed by atoms with Crippen LogP contribution in [0.3, 0.4) is 0 Å². The van der Waals surface area contributed by atoms with Crippen molar-refractivity contribution < 1.29 is 23.8 Å². The van der Waals surface area contributed by atoms with E-state index in [1.54, 1.807) is 12.0 Å². The monoisotopic (exact) mass is 455 g/mol. The van der Waals surface area contributed by atoms with Gasteiger partial charge in [0.05, 0.1) is 7.11 Å². The zero-order chi connectivity index (χ0) is 23.8. The number of hydrogen-bond acceptors (Lipinski definition) is 6. The SMILES string of the molecule is COc1ccc(COC(=O)Nc2ccc(CN3CCN(C(=O)OC(C)(C)C)CC3)cc2)cc1.